The average Bonchev–Trinajstić information content (AvgIpc) is 3.50. The molecule has 0 aliphatic carbocycles. The molecule has 168 valence electrons. The Bertz CT molecular complexity index is 1770. The van der Waals surface area contributed by atoms with Gasteiger partial charge in [-0.15, -0.1) is 0 Å². The van der Waals surface area contributed by atoms with Crippen LogP contribution in [-0.2, 0) is 21.1 Å². The number of phenols is 1. The lowest BCUT2D eigenvalue weighted by Gasteiger charge is -2.11. The van der Waals surface area contributed by atoms with Crippen molar-refractivity contribution in [3.8, 4) is 34.1 Å². The highest BCUT2D eigenvalue weighted by Crippen LogP contribution is 2.32. The molecule has 0 radical (unpaired) electrons. The lowest BCUT2D eigenvalue weighted by molar-refractivity contribution is 0.475. The highest BCUT2D eigenvalue weighted by atomic mass is 16.3. The van der Waals surface area contributed by atoms with Crippen molar-refractivity contribution in [3.05, 3.63) is 83.7 Å². The molecule has 3 heterocycles. The zero-order valence-corrected chi connectivity index (χ0v) is 19.0. The van der Waals surface area contributed by atoms with Crippen LogP contribution in [-0.4, -0.2) is 33.3 Å². The molecule has 0 aliphatic heterocycles. The maximum absolute atomic E-state index is 12.5. The second-order valence-electron chi connectivity index (χ2n) is 8.48. The van der Waals surface area contributed by atoms with Gasteiger partial charge in [-0.05, 0) is 53.6 Å². The Kier molecular flexibility index (Phi) is 4.25. The van der Waals surface area contributed by atoms with Gasteiger partial charge in [0.15, 0.2) is 5.82 Å². The number of aryl methyl sites for hydroxylation is 3. The number of aromatic nitrogens is 6. The Balaban J connectivity index is 1.63. The molecular formula is C26H22N6O2. The fraction of sp³-hybridized carbons (Fsp3) is 0.115. The third-order valence-corrected chi connectivity index (χ3v) is 6.41. The Labute approximate surface area is 194 Å². The van der Waals surface area contributed by atoms with E-state index in [1.54, 1.807) is 47.9 Å². The molecule has 0 saturated heterocycles. The van der Waals surface area contributed by atoms with Crippen LogP contribution in [0.4, 0.5) is 0 Å². The van der Waals surface area contributed by atoms with Crippen molar-refractivity contribution in [2.24, 2.45) is 21.1 Å². The third kappa shape index (κ3) is 2.88. The van der Waals surface area contributed by atoms with Crippen LogP contribution in [0.5, 0.6) is 5.75 Å². The number of nitrogens with zero attached hydrogens (tertiary/aromatic N) is 6. The molecule has 0 spiro atoms. The van der Waals surface area contributed by atoms with Gasteiger partial charge in [-0.3, -0.25) is 13.7 Å². The van der Waals surface area contributed by atoms with Gasteiger partial charge in [-0.25, -0.2) is 14.8 Å². The quantitative estimate of drug-likeness (QED) is 0.442. The molecule has 0 unspecified atom stereocenters. The molecule has 0 atom stereocenters. The van der Waals surface area contributed by atoms with E-state index in [-0.39, 0.29) is 11.4 Å². The summed E-state index contributed by atoms with van der Waals surface area (Å²) in [6.07, 6.45) is 3.56. The molecule has 6 aromatic rings. The number of fused-ring (bicyclic) bond motifs is 2. The molecule has 0 fully saturated rings. The smallest absolute Gasteiger partial charge is 0.328 e. The van der Waals surface area contributed by atoms with E-state index < -0.39 is 0 Å². The molecule has 3 aromatic heterocycles. The van der Waals surface area contributed by atoms with Crippen molar-refractivity contribution in [1.29, 1.82) is 0 Å². The fourth-order valence-electron chi connectivity index (χ4n) is 4.55. The SMILES string of the molecule is Cn1cncc1-c1nc2cc(-c3ccc(O)cc3)ccc2n1-c1ccc2c(c1)n(C)c(=O)n2C. The number of rotatable bonds is 3. The molecule has 0 aliphatic rings. The molecule has 0 bridgehead atoms. The summed E-state index contributed by atoms with van der Waals surface area (Å²) in [5.41, 5.74) is 7.23. The molecule has 8 nitrogen and oxygen atoms in total. The highest BCUT2D eigenvalue weighted by Gasteiger charge is 2.19. The van der Waals surface area contributed by atoms with E-state index in [4.69, 9.17) is 4.98 Å². The van der Waals surface area contributed by atoms with Crippen molar-refractivity contribution in [3.63, 3.8) is 0 Å². The summed E-state index contributed by atoms with van der Waals surface area (Å²) in [5, 5.41) is 9.64. The first-order valence-electron chi connectivity index (χ1n) is 10.9. The zero-order chi connectivity index (χ0) is 23.6. The van der Waals surface area contributed by atoms with Gasteiger partial charge >= 0.3 is 5.69 Å². The first-order valence-corrected chi connectivity index (χ1v) is 10.9. The molecule has 1 N–H and O–H groups in total. The number of hydrogen-bond donors (Lipinski definition) is 1. The predicted molar refractivity (Wildman–Crippen MR) is 132 cm³/mol. The van der Waals surface area contributed by atoms with E-state index in [0.717, 1.165) is 50.4 Å². The van der Waals surface area contributed by atoms with Crippen molar-refractivity contribution in [2.75, 3.05) is 0 Å². The van der Waals surface area contributed by atoms with Gasteiger partial charge in [0.1, 0.15) is 11.4 Å². The molecule has 8 heteroatoms. The molecule has 34 heavy (non-hydrogen) atoms. The second kappa shape index (κ2) is 7.21. The summed E-state index contributed by atoms with van der Waals surface area (Å²) in [7, 11) is 5.51. The Hall–Kier alpha value is -4.59. The summed E-state index contributed by atoms with van der Waals surface area (Å²) < 4.78 is 7.35. The minimum absolute atomic E-state index is 0.0620. The highest BCUT2D eigenvalue weighted by molar-refractivity contribution is 5.88. The topological polar surface area (TPSA) is 82.8 Å². The number of phenolic OH excluding ortho intramolecular Hbond substituents is 1. The minimum atomic E-state index is -0.0620. The van der Waals surface area contributed by atoms with Crippen LogP contribution in [0.25, 0.3) is 50.4 Å². The molecule has 6 rings (SSSR count). The maximum Gasteiger partial charge on any atom is 0.328 e. The van der Waals surface area contributed by atoms with Crippen molar-refractivity contribution >= 4 is 22.1 Å². The van der Waals surface area contributed by atoms with Crippen LogP contribution in [0.1, 0.15) is 0 Å². The van der Waals surface area contributed by atoms with E-state index >= 15 is 0 Å². The Morgan fingerprint density at radius 1 is 0.794 bits per heavy atom. The number of imidazole rings is 3. The summed E-state index contributed by atoms with van der Waals surface area (Å²) in [6, 6.07) is 19.3. The van der Waals surface area contributed by atoms with E-state index in [1.165, 1.54) is 0 Å². The Morgan fingerprint density at radius 3 is 2.24 bits per heavy atom. The first kappa shape index (κ1) is 20.0. The zero-order valence-electron chi connectivity index (χ0n) is 19.0. The van der Waals surface area contributed by atoms with Crippen molar-refractivity contribution < 1.29 is 5.11 Å². The van der Waals surface area contributed by atoms with Gasteiger partial charge in [0.25, 0.3) is 0 Å². The van der Waals surface area contributed by atoms with Gasteiger partial charge in [-0.2, -0.15) is 0 Å². The molecule has 3 aromatic carbocycles. The van der Waals surface area contributed by atoms with Gasteiger partial charge in [-0.1, -0.05) is 18.2 Å². The van der Waals surface area contributed by atoms with Crippen LogP contribution in [0.2, 0.25) is 0 Å². The van der Waals surface area contributed by atoms with Crippen LogP contribution in [0.15, 0.2) is 78.0 Å². The molecular weight excluding hydrogens is 428 g/mol. The summed E-state index contributed by atoms with van der Waals surface area (Å²) in [6.45, 7) is 0. The Morgan fingerprint density at radius 2 is 1.50 bits per heavy atom. The fourth-order valence-corrected chi connectivity index (χ4v) is 4.55. The second-order valence-corrected chi connectivity index (χ2v) is 8.48. The van der Waals surface area contributed by atoms with Crippen molar-refractivity contribution in [2.45, 2.75) is 0 Å². The standard InChI is InChI=1S/C26H22N6O2/c1-29-15-27-14-24(29)25-28-20-12-17(16-4-8-19(33)9-5-16)6-10-21(20)32(25)18-7-11-22-23(13-18)31(3)26(34)30(22)2/h4-15,33H,1-3H3. The van der Waals surface area contributed by atoms with Gasteiger partial charge < -0.3 is 9.67 Å². The summed E-state index contributed by atoms with van der Waals surface area (Å²) in [4.78, 5) is 21.8. The van der Waals surface area contributed by atoms with E-state index in [0.29, 0.717) is 0 Å². The van der Waals surface area contributed by atoms with E-state index in [9.17, 15) is 9.90 Å². The van der Waals surface area contributed by atoms with Gasteiger partial charge in [0.2, 0.25) is 0 Å². The van der Waals surface area contributed by atoms with E-state index in [2.05, 4.69) is 27.8 Å². The monoisotopic (exact) mass is 450 g/mol. The largest absolute Gasteiger partial charge is 0.508 e. The summed E-state index contributed by atoms with van der Waals surface area (Å²) in [5.74, 6) is 0.997. The number of hydrogen-bond acceptors (Lipinski definition) is 4. The third-order valence-electron chi connectivity index (χ3n) is 6.41. The lowest BCUT2D eigenvalue weighted by atomic mass is 10.1. The van der Waals surface area contributed by atoms with E-state index in [1.807, 2.05) is 41.9 Å². The predicted octanol–water partition coefficient (Wildman–Crippen LogP) is 3.99. The number of benzene rings is 3. The summed E-state index contributed by atoms with van der Waals surface area (Å²) >= 11 is 0. The molecule has 0 amide bonds. The molecule has 0 saturated carbocycles. The van der Waals surface area contributed by atoms with Crippen LogP contribution in [0.3, 0.4) is 0 Å². The average molecular weight is 451 g/mol. The minimum Gasteiger partial charge on any atom is -0.508 e. The lowest BCUT2D eigenvalue weighted by Crippen LogP contribution is -2.19. The normalized spacial score (nSPS) is 11.6. The first-order chi connectivity index (χ1) is 16.4. The van der Waals surface area contributed by atoms with Crippen molar-refractivity contribution in [1.82, 2.24) is 28.2 Å². The maximum atomic E-state index is 12.5. The van der Waals surface area contributed by atoms with Gasteiger partial charge in [0, 0.05) is 26.8 Å². The number of aromatic hydroxyl groups is 1. The van der Waals surface area contributed by atoms with Crippen LogP contribution < -0.4 is 5.69 Å². The van der Waals surface area contributed by atoms with Crippen LogP contribution in [0, 0.1) is 0 Å². The van der Waals surface area contributed by atoms with Crippen LogP contribution >= 0.6 is 0 Å². The van der Waals surface area contributed by atoms with Gasteiger partial charge in [0.05, 0.1) is 34.6 Å².